The van der Waals surface area contributed by atoms with Gasteiger partial charge in [-0.05, 0) is 53.9 Å². The summed E-state index contributed by atoms with van der Waals surface area (Å²) < 4.78 is 9.87. The molecule has 0 bridgehead atoms. The Hall–Kier alpha value is -5.87. The highest BCUT2D eigenvalue weighted by atomic mass is 32.2. The van der Waals surface area contributed by atoms with Crippen molar-refractivity contribution in [3.63, 3.8) is 0 Å². The first-order valence-corrected chi connectivity index (χ1v) is 17.6. The summed E-state index contributed by atoms with van der Waals surface area (Å²) in [6, 6.07) is 39.6. The Labute approximate surface area is 301 Å². The molecule has 0 radical (unpaired) electrons. The maximum Gasteiger partial charge on any atom is 0.320 e. The fraction of sp³-hybridized carbons (Fsp3) is 0.171. The fourth-order valence-corrected chi connectivity index (χ4v) is 6.60. The third kappa shape index (κ3) is 7.81. The molecule has 0 saturated heterocycles. The Morgan fingerprint density at radius 3 is 2.45 bits per heavy atom. The number of anilines is 1. The lowest BCUT2D eigenvalue weighted by Crippen LogP contribution is -2.29. The van der Waals surface area contributed by atoms with Gasteiger partial charge in [-0.3, -0.25) is 9.72 Å². The van der Waals surface area contributed by atoms with Crippen LogP contribution in [0, 0.1) is 6.92 Å². The molecule has 2 amide bonds. The Bertz CT molecular complexity index is 2310. The van der Waals surface area contributed by atoms with E-state index in [9.17, 15) is 4.79 Å². The number of pyridine rings is 1. The van der Waals surface area contributed by atoms with E-state index in [0.717, 1.165) is 54.9 Å². The molecule has 4 aromatic carbocycles. The van der Waals surface area contributed by atoms with Crippen LogP contribution >= 0.6 is 11.8 Å². The van der Waals surface area contributed by atoms with E-state index in [2.05, 4.69) is 72.9 Å². The topological polar surface area (TPSA) is 98.4 Å². The number of amides is 2. The maximum atomic E-state index is 13.4. The van der Waals surface area contributed by atoms with Crippen LogP contribution in [0.15, 0.2) is 137 Å². The molecule has 3 aromatic heterocycles. The van der Waals surface area contributed by atoms with Gasteiger partial charge in [0.25, 0.3) is 0 Å². The van der Waals surface area contributed by atoms with Crippen LogP contribution in [0.4, 0.5) is 10.6 Å². The average Bonchev–Trinajstić information content (AvgIpc) is 3.76. The predicted molar refractivity (Wildman–Crippen MR) is 203 cm³/mol. The van der Waals surface area contributed by atoms with Crippen LogP contribution < -0.4 is 15.4 Å². The summed E-state index contributed by atoms with van der Waals surface area (Å²) >= 11 is 1.63. The summed E-state index contributed by atoms with van der Waals surface area (Å²) in [4.78, 5) is 15.5. The van der Waals surface area contributed by atoms with E-state index in [4.69, 9.17) is 9.84 Å². The Morgan fingerprint density at radius 2 is 1.63 bits per heavy atom. The molecular formula is C41H39N7O2S. The molecule has 0 fully saturated rings. The van der Waals surface area contributed by atoms with Crippen molar-refractivity contribution in [1.29, 1.82) is 0 Å². The molecule has 0 aliphatic carbocycles. The summed E-state index contributed by atoms with van der Waals surface area (Å²) in [5, 5.41) is 19.9. The Balaban J connectivity index is 1.07. The monoisotopic (exact) mass is 693 g/mol. The van der Waals surface area contributed by atoms with E-state index < -0.39 is 0 Å². The van der Waals surface area contributed by atoms with Gasteiger partial charge in [-0.2, -0.15) is 5.10 Å². The molecule has 10 heteroatoms. The summed E-state index contributed by atoms with van der Waals surface area (Å²) in [5.41, 5.74) is 6.44. The molecule has 0 aliphatic heterocycles. The van der Waals surface area contributed by atoms with E-state index in [1.807, 2.05) is 108 Å². The molecule has 0 atom stereocenters. The Morgan fingerprint density at radius 1 is 0.843 bits per heavy atom. The number of carbonyl (C=O) groups excluding carboxylic acids is 1. The van der Waals surface area contributed by atoms with Gasteiger partial charge < -0.3 is 10.1 Å². The van der Waals surface area contributed by atoms with Gasteiger partial charge in [-0.15, -0.1) is 10.2 Å². The zero-order valence-electron chi connectivity index (χ0n) is 29.0. The molecule has 256 valence electrons. The van der Waals surface area contributed by atoms with Crippen LogP contribution in [-0.2, 0) is 18.6 Å². The largest absolute Gasteiger partial charge is 0.489 e. The van der Waals surface area contributed by atoms with Crippen LogP contribution in [0.3, 0.4) is 0 Å². The number of ether oxygens (including phenoxy) is 1. The molecule has 2 N–H and O–H groups in total. The summed E-state index contributed by atoms with van der Waals surface area (Å²) in [5.74, 6) is 2.08. The smallest absolute Gasteiger partial charge is 0.320 e. The number of aryl methyl sites for hydroxylation is 1. The van der Waals surface area contributed by atoms with Crippen molar-refractivity contribution in [2.45, 2.75) is 56.1 Å². The minimum absolute atomic E-state index is 0.230. The second kappa shape index (κ2) is 14.5. The lowest BCUT2D eigenvalue weighted by atomic mass is 9.92. The Kier molecular flexibility index (Phi) is 9.59. The van der Waals surface area contributed by atoms with E-state index >= 15 is 0 Å². The van der Waals surface area contributed by atoms with Crippen molar-refractivity contribution in [3.8, 4) is 22.8 Å². The number of hydrogen-bond acceptors (Lipinski definition) is 6. The van der Waals surface area contributed by atoms with E-state index in [1.165, 1.54) is 0 Å². The van der Waals surface area contributed by atoms with Gasteiger partial charge in [0.05, 0.1) is 11.4 Å². The van der Waals surface area contributed by atoms with Gasteiger partial charge in [-0.25, -0.2) is 9.48 Å². The zero-order chi connectivity index (χ0) is 35.4. The minimum Gasteiger partial charge on any atom is -0.489 e. The molecule has 3 heterocycles. The minimum atomic E-state index is -0.332. The number of hydrogen-bond donors (Lipinski definition) is 2. The van der Waals surface area contributed by atoms with Crippen molar-refractivity contribution >= 4 is 29.3 Å². The summed E-state index contributed by atoms with van der Waals surface area (Å²) in [6.45, 7) is 9.16. The number of urea groups is 1. The number of nitrogens with zero attached hydrogens (tertiary/aromatic N) is 5. The van der Waals surface area contributed by atoms with E-state index in [1.54, 1.807) is 16.4 Å². The predicted octanol–water partition coefficient (Wildman–Crippen LogP) is 9.24. The van der Waals surface area contributed by atoms with Crippen LogP contribution in [-0.4, -0.2) is 30.4 Å². The molecule has 7 aromatic rings. The van der Waals surface area contributed by atoms with Crippen molar-refractivity contribution in [1.82, 2.24) is 29.7 Å². The van der Waals surface area contributed by atoms with Gasteiger partial charge in [0, 0.05) is 45.6 Å². The van der Waals surface area contributed by atoms with Gasteiger partial charge in [0.2, 0.25) is 0 Å². The third-order valence-electron chi connectivity index (χ3n) is 8.43. The first kappa shape index (κ1) is 33.6. The molecule has 7 rings (SSSR count). The number of aromatic nitrogens is 5. The van der Waals surface area contributed by atoms with Crippen LogP contribution in [0.2, 0.25) is 0 Å². The quantitative estimate of drug-likeness (QED) is 0.148. The van der Waals surface area contributed by atoms with Crippen LogP contribution in [0.25, 0.3) is 22.7 Å². The molecule has 9 nitrogen and oxygen atoms in total. The first-order chi connectivity index (χ1) is 24.7. The van der Waals surface area contributed by atoms with Crippen molar-refractivity contribution in [2.24, 2.45) is 0 Å². The number of carbonyl (C=O) groups is 1. The van der Waals surface area contributed by atoms with E-state index in [0.29, 0.717) is 24.7 Å². The first-order valence-electron chi connectivity index (χ1n) is 16.8. The van der Waals surface area contributed by atoms with Crippen LogP contribution in [0.1, 0.15) is 43.2 Å². The SMILES string of the molecule is Cc1ccccc1-c1nnc2ccc(Sc3ccccc3CNC(=O)Nc3cc(C(C)(C)C)nn3-c3cccc(OCc4ccccc4)c3)cn12. The van der Waals surface area contributed by atoms with Gasteiger partial charge in [-0.1, -0.05) is 111 Å². The molecule has 0 unspecified atom stereocenters. The molecule has 0 saturated carbocycles. The third-order valence-corrected chi connectivity index (χ3v) is 9.53. The second-order valence-electron chi connectivity index (χ2n) is 13.3. The van der Waals surface area contributed by atoms with Crippen LogP contribution in [0.5, 0.6) is 5.75 Å². The highest BCUT2D eigenvalue weighted by Gasteiger charge is 2.22. The van der Waals surface area contributed by atoms with Crippen molar-refractivity contribution in [2.75, 3.05) is 5.32 Å². The lowest BCUT2D eigenvalue weighted by Gasteiger charge is -2.14. The number of nitrogens with one attached hydrogen (secondary N) is 2. The molecule has 0 spiro atoms. The number of fused-ring (bicyclic) bond motifs is 1. The normalized spacial score (nSPS) is 11.5. The number of rotatable bonds is 10. The molecule has 51 heavy (non-hydrogen) atoms. The molecular weight excluding hydrogens is 655 g/mol. The summed E-state index contributed by atoms with van der Waals surface area (Å²) in [6.07, 6.45) is 2.06. The fourth-order valence-electron chi connectivity index (χ4n) is 5.63. The molecule has 0 aliphatic rings. The van der Waals surface area contributed by atoms with Gasteiger partial charge >= 0.3 is 6.03 Å². The van der Waals surface area contributed by atoms with Crippen molar-refractivity contribution < 1.29 is 9.53 Å². The highest BCUT2D eigenvalue weighted by Crippen LogP contribution is 2.32. The maximum absolute atomic E-state index is 13.4. The standard InChI is InChI=1S/C41H39N7O2S/c1-28-13-8-10-19-34(28)39-45-44-37-22-21-33(26-47(37)39)51-35-20-11-9-16-30(35)25-42-40(49)43-38-24-36(41(2,3)4)46-48(38)31-17-12-18-32(23-31)50-27-29-14-6-5-7-15-29/h5-24,26H,25,27H2,1-4H3,(H2,42,43,49). The summed E-state index contributed by atoms with van der Waals surface area (Å²) in [7, 11) is 0. The van der Waals surface area contributed by atoms with Crippen molar-refractivity contribution in [3.05, 3.63) is 150 Å². The second-order valence-corrected chi connectivity index (χ2v) is 14.4. The zero-order valence-corrected chi connectivity index (χ0v) is 29.8. The lowest BCUT2D eigenvalue weighted by molar-refractivity contribution is 0.251. The highest BCUT2D eigenvalue weighted by molar-refractivity contribution is 7.99. The van der Waals surface area contributed by atoms with Gasteiger partial charge in [0.1, 0.15) is 18.2 Å². The number of benzene rings is 4. The van der Waals surface area contributed by atoms with Gasteiger partial charge in [0.15, 0.2) is 11.5 Å². The van der Waals surface area contributed by atoms with E-state index in [-0.39, 0.29) is 11.4 Å². The average molecular weight is 694 g/mol.